The van der Waals surface area contributed by atoms with Crippen LogP contribution in [0.25, 0.3) is 0 Å². The molecule has 0 spiro atoms. The zero-order valence-electron chi connectivity index (χ0n) is 12.2. The number of hydrogen-bond acceptors (Lipinski definition) is 3. The quantitative estimate of drug-likeness (QED) is 0.475. The zero-order chi connectivity index (χ0) is 16.2. The van der Waals surface area contributed by atoms with Gasteiger partial charge in [-0.15, -0.1) is 0 Å². The summed E-state index contributed by atoms with van der Waals surface area (Å²) in [6, 6.07) is 3.83. The van der Waals surface area contributed by atoms with E-state index < -0.39 is 4.92 Å². The van der Waals surface area contributed by atoms with Crippen molar-refractivity contribution in [3.05, 3.63) is 38.9 Å². The van der Waals surface area contributed by atoms with Crippen LogP contribution in [0.3, 0.4) is 0 Å². The highest BCUT2D eigenvalue weighted by Gasteiger charge is 2.26. The third-order valence-electron chi connectivity index (χ3n) is 3.10. The van der Waals surface area contributed by atoms with Gasteiger partial charge in [0.25, 0.3) is 11.6 Å². The van der Waals surface area contributed by atoms with Crippen molar-refractivity contribution in [2.75, 3.05) is 5.33 Å². The van der Waals surface area contributed by atoms with Crippen LogP contribution in [0, 0.1) is 15.5 Å². The van der Waals surface area contributed by atoms with Crippen LogP contribution in [-0.4, -0.2) is 22.2 Å². The number of carbonyl (C=O) groups excluding carboxylic acids is 1. The van der Waals surface area contributed by atoms with Gasteiger partial charge in [0.1, 0.15) is 0 Å². The standard InChI is InChI=1S/C14H18BrClN2O3/c1-14(2,3)12(4-5-15)17-13(19)9-6-10(16)8-11(7-9)18(20)21/h6-8,12H,4-5H2,1-3H3,(H,17,19). The van der Waals surface area contributed by atoms with Gasteiger partial charge in [0.15, 0.2) is 0 Å². The van der Waals surface area contributed by atoms with E-state index >= 15 is 0 Å². The molecule has 0 aliphatic rings. The average Bonchev–Trinajstić information content (AvgIpc) is 2.36. The Balaban J connectivity index is 3.00. The van der Waals surface area contributed by atoms with Crippen molar-refractivity contribution in [3.8, 4) is 0 Å². The van der Waals surface area contributed by atoms with Gasteiger partial charge in [-0.2, -0.15) is 0 Å². The second-order valence-corrected chi connectivity index (χ2v) is 7.05. The van der Waals surface area contributed by atoms with Crippen LogP contribution in [0.2, 0.25) is 5.02 Å². The smallest absolute Gasteiger partial charge is 0.271 e. The number of nitro groups is 1. The van der Waals surface area contributed by atoms with E-state index in [1.54, 1.807) is 0 Å². The van der Waals surface area contributed by atoms with Gasteiger partial charge < -0.3 is 5.32 Å². The number of halogens is 2. The van der Waals surface area contributed by atoms with E-state index in [0.29, 0.717) is 0 Å². The van der Waals surface area contributed by atoms with Crippen LogP contribution in [-0.2, 0) is 0 Å². The summed E-state index contributed by atoms with van der Waals surface area (Å²) in [7, 11) is 0. The topological polar surface area (TPSA) is 72.2 Å². The fourth-order valence-electron chi connectivity index (χ4n) is 1.88. The average molecular weight is 378 g/mol. The number of nitro benzene ring substituents is 1. The van der Waals surface area contributed by atoms with E-state index in [2.05, 4.69) is 21.2 Å². The molecule has 0 fully saturated rings. The molecule has 5 nitrogen and oxygen atoms in total. The minimum atomic E-state index is -0.567. The lowest BCUT2D eigenvalue weighted by atomic mass is 9.85. The molecule has 1 aromatic carbocycles. The van der Waals surface area contributed by atoms with Crippen LogP contribution in [0.15, 0.2) is 18.2 Å². The largest absolute Gasteiger partial charge is 0.349 e. The van der Waals surface area contributed by atoms with Gasteiger partial charge in [0.05, 0.1) is 4.92 Å². The number of alkyl halides is 1. The Morgan fingerprint density at radius 3 is 2.52 bits per heavy atom. The summed E-state index contributed by atoms with van der Waals surface area (Å²) in [4.78, 5) is 22.5. The molecule has 0 bridgehead atoms. The number of non-ortho nitro benzene ring substituents is 1. The molecule has 7 heteroatoms. The lowest BCUT2D eigenvalue weighted by Crippen LogP contribution is -2.44. The summed E-state index contributed by atoms with van der Waals surface area (Å²) in [6.07, 6.45) is 0.762. The highest BCUT2D eigenvalue weighted by molar-refractivity contribution is 9.09. The molecule has 0 aliphatic carbocycles. The van der Waals surface area contributed by atoms with Gasteiger partial charge >= 0.3 is 0 Å². The van der Waals surface area contributed by atoms with Crippen molar-refractivity contribution < 1.29 is 9.72 Å². The van der Waals surface area contributed by atoms with Crippen LogP contribution < -0.4 is 5.32 Å². The second kappa shape index (κ2) is 7.22. The monoisotopic (exact) mass is 376 g/mol. The molecule has 1 atom stereocenters. The van der Waals surface area contributed by atoms with Crippen molar-refractivity contribution >= 4 is 39.1 Å². The molecule has 21 heavy (non-hydrogen) atoms. The molecule has 0 heterocycles. The lowest BCUT2D eigenvalue weighted by Gasteiger charge is -2.31. The molecule has 0 aliphatic heterocycles. The summed E-state index contributed by atoms with van der Waals surface area (Å²) in [5, 5.41) is 14.7. The first-order valence-electron chi connectivity index (χ1n) is 6.47. The minimum absolute atomic E-state index is 0.0533. The summed E-state index contributed by atoms with van der Waals surface area (Å²) in [6.45, 7) is 6.09. The van der Waals surface area contributed by atoms with Crippen molar-refractivity contribution in [3.63, 3.8) is 0 Å². The molecule has 116 valence electrons. The van der Waals surface area contributed by atoms with Crippen LogP contribution >= 0.6 is 27.5 Å². The Hall–Kier alpha value is -1.14. The molecule has 1 amide bonds. The molecule has 0 saturated heterocycles. The highest BCUT2D eigenvalue weighted by Crippen LogP contribution is 2.24. The number of amides is 1. The Bertz CT molecular complexity index is 544. The van der Waals surface area contributed by atoms with E-state index in [9.17, 15) is 14.9 Å². The van der Waals surface area contributed by atoms with Crippen molar-refractivity contribution in [1.82, 2.24) is 5.32 Å². The van der Waals surface area contributed by atoms with Gasteiger partial charge in [0.2, 0.25) is 0 Å². The Morgan fingerprint density at radius 2 is 2.05 bits per heavy atom. The lowest BCUT2D eigenvalue weighted by molar-refractivity contribution is -0.384. The van der Waals surface area contributed by atoms with Crippen molar-refractivity contribution in [2.24, 2.45) is 5.41 Å². The van der Waals surface area contributed by atoms with Gasteiger partial charge in [-0.1, -0.05) is 48.3 Å². The number of nitrogens with one attached hydrogen (secondary N) is 1. The van der Waals surface area contributed by atoms with Gasteiger partial charge in [-0.05, 0) is 17.9 Å². The molecule has 1 unspecified atom stereocenters. The Morgan fingerprint density at radius 1 is 1.43 bits per heavy atom. The molecule has 0 saturated carbocycles. The zero-order valence-corrected chi connectivity index (χ0v) is 14.5. The van der Waals surface area contributed by atoms with Crippen molar-refractivity contribution in [2.45, 2.75) is 33.2 Å². The molecule has 0 radical (unpaired) electrons. The number of nitrogens with zero attached hydrogens (tertiary/aromatic N) is 1. The summed E-state index contributed by atoms with van der Waals surface area (Å²) >= 11 is 9.20. The van der Waals surface area contributed by atoms with E-state index in [-0.39, 0.29) is 33.6 Å². The first kappa shape index (κ1) is 17.9. The number of carbonyl (C=O) groups is 1. The third kappa shape index (κ3) is 5.28. The van der Waals surface area contributed by atoms with Gasteiger partial charge in [-0.25, -0.2) is 0 Å². The van der Waals surface area contributed by atoms with E-state index in [1.807, 2.05) is 20.8 Å². The first-order valence-corrected chi connectivity index (χ1v) is 7.97. The minimum Gasteiger partial charge on any atom is -0.349 e. The van der Waals surface area contributed by atoms with E-state index in [0.717, 1.165) is 11.8 Å². The second-order valence-electron chi connectivity index (χ2n) is 5.82. The predicted octanol–water partition coefficient (Wildman–Crippen LogP) is 4.18. The molecule has 1 rings (SSSR count). The predicted molar refractivity (Wildman–Crippen MR) is 87.2 cm³/mol. The highest BCUT2D eigenvalue weighted by atomic mass is 79.9. The Labute approximate surface area is 137 Å². The van der Waals surface area contributed by atoms with Crippen LogP contribution in [0.4, 0.5) is 5.69 Å². The fourth-order valence-corrected chi connectivity index (χ4v) is 2.57. The Kier molecular flexibility index (Phi) is 6.16. The van der Waals surface area contributed by atoms with Gasteiger partial charge in [-0.3, -0.25) is 14.9 Å². The van der Waals surface area contributed by atoms with E-state index in [1.165, 1.54) is 18.2 Å². The molecule has 1 N–H and O–H groups in total. The number of hydrogen-bond donors (Lipinski definition) is 1. The van der Waals surface area contributed by atoms with Crippen molar-refractivity contribution in [1.29, 1.82) is 0 Å². The van der Waals surface area contributed by atoms with Crippen LogP contribution in [0.5, 0.6) is 0 Å². The molecule has 0 aromatic heterocycles. The van der Waals surface area contributed by atoms with Crippen LogP contribution in [0.1, 0.15) is 37.6 Å². The molecule has 1 aromatic rings. The summed E-state index contributed by atoms with van der Waals surface area (Å²) in [5.74, 6) is -0.360. The molecular weight excluding hydrogens is 360 g/mol. The van der Waals surface area contributed by atoms with Gasteiger partial charge in [0, 0.05) is 34.1 Å². The molecular formula is C14H18BrClN2O3. The maximum atomic E-state index is 12.3. The maximum absolute atomic E-state index is 12.3. The van der Waals surface area contributed by atoms with E-state index in [4.69, 9.17) is 11.6 Å². The number of rotatable bonds is 5. The first-order chi connectivity index (χ1) is 9.65. The fraction of sp³-hybridized carbons (Fsp3) is 0.500. The third-order valence-corrected chi connectivity index (χ3v) is 3.78. The summed E-state index contributed by atoms with van der Waals surface area (Å²) in [5.41, 5.74) is -0.119. The maximum Gasteiger partial charge on any atom is 0.271 e. The SMILES string of the molecule is CC(C)(C)C(CCBr)NC(=O)c1cc(Cl)cc([N+](=O)[O-])c1. The summed E-state index contributed by atoms with van der Waals surface area (Å²) < 4.78 is 0. The normalized spacial score (nSPS) is 12.8. The number of benzene rings is 1.